The number of aryl methyl sites for hydroxylation is 1. The fourth-order valence-corrected chi connectivity index (χ4v) is 3.84. The highest BCUT2D eigenvalue weighted by molar-refractivity contribution is 7.16. The molecule has 0 N–H and O–H groups in total. The molecule has 0 unspecified atom stereocenters. The van der Waals surface area contributed by atoms with Gasteiger partial charge in [-0.15, -0.1) is 0 Å². The van der Waals surface area contributed by atoms with Crippen molar-refractivity contribution in [3.8, 4) is 0 Å². The molecule has 6 nitrogen and oxygen atoms in total. The maximum absolute atomic E-state index is 12.5. The Kier molecular flexibility index (Phi) is 5.32. The Balaban J connectivity index is 2.05. The molecular formula is C20H18N2O4S. The van der Waals surface area contributed by atoms with Crippen molar-refractivity contribution in [3.63, 3.8) is 0 Å². The number of fused-ring (bicyclic) bond motifs is 1. The first kappa shape index (κ1) is 18.7. The van der Waals surface area contributed by atoms with Gasteiger partial charge >= 0.3 is 5.97 Å². The zero-order valence-electron chi connectivity index (χ0n) is 15.2. The summed E-state index contributed by atoms with van der Waals surface area (Å²) in [6.07, 6.45) is 0. The first-order valence-corrected chi connectivity index (χ1v) is 9.18. The summed E-state index contributed by atoms with van der Waals surface area (Å²) in [7, 11) is 1.34. The highest BCUT2D eigenvalue weighted by Gasteiger charge is 2.12. The fraction of sp³-hybridized carbons (Fsp3) is 0.200. The highest BCUT2D eigenvalue weighted by Crippen LogP contribution is 2.20. The monoisotopic (exact) mass is 382 g/mol. The molecule has 0 saturated heterocycles. The van der Waals surface area contributed by atoms with Crippen LogP contribution in [0.15, 0.2) is 47.5 Å². The minimum absolute atomic E-state index is 0.0549. The fourth-order valence-electron chi connectivity index (χ4n) is 2.71. The summed E-state index contributed by atoms with van der Waals surface area (Å²) in [6.45, 7) is 4.07. The van der Waals surface area contributed by atoms with Crippen molar-refractivity contribution >= 4 is 39.2 Å². The van der Waals surface area contributed by atoms with Gasteiger partial charge in [0.2, 0.25) is 0 Å². The molecule has 138 valence electrons. The molecule has 2 aromatic carbocycles. The van der Waals surface area contributed by atoms with E-state index in [2.05, 4.69) is 4.99 Å². The van der Waals surface area contributed by atoms with Gasteiger partial charge in [0.25, 0.3) is 5.91 Å². The van der Waals surface area contributed by atoms with Gasteiger partial charge in [-0.05, 0) is 44.2 Å². The van der Waals surface area contributed by atoms with E-state index in [9.17, 15) is 14.4 Å². The molecule has 1 amide bonds. The minimum atomic E-state index is -0.409. The van der Waals surface area contributed by atoms with Crippen LogP contribution in [0.2, 0.25) is 0 Å². The van der Waals surface area contributed by atoms with E-state index in [-0.39, 0.29) is 11.7 Å². The van der Waals surface area contributed by atoms with Crippen LogP contribution >= 0.6 is 11.3 Å². The number of carbonyl (C=O) groups is 3. The lowest BCUT2D eigenvalue weighted by Crippen LogP contribution is -2.16. The number of thiazole rings is 1. The van der Waals surface area contributed by atoms with Crippen molar-refractivity contribution in [2.45, 2.75) is 20.4 Å². The molecule has 27 heavy (non-hydrogen) atoms. The third-order valence-corrected chi connectivity index (χ3v) is 5.20. The van der Waals surface area contributed by atoms with Gasteiger partial charge in [0.1, 0.15) is 0 Å². The molecule has 0 fully saturated rings. The summed E-state index contributed by atoms with van der Waals surface area (Å²) in [5.41, 5.74) is 2.31. The number of aromatic nitrogens is 1. The topological polar surface area (TPSA) is 77.7 Å². The van der Waals surface area contributed by atoms with Crippen molar-refractivity contribution in [2.24, 2.45) is 4.99 Å². The van der Waals surface area contributed by atoms with Crippen molar-refractivity contribution in [3.05, 3.63) is 64.0 Å². The van der Waals surface area contributed by atoms with Crippen molar-refractivity contribution in [2.75, 3.05) is 7.11 Å². The number of ether oxygens (including phenoxy) is 1. The molecular weight excluding hydrogens is 364 g/mol. The van der Waals surface area contributed by atoms with Crippen molar-refractivity contribution in [1.82, 2.24) is 4.57 Å². The van der Waals surface area contributed by atoms with E-state index in [0.717, 1.165) is 10.2 Å². The Morgan fingerprint density at radius 3 is 2.26 bits per heavy atom. The number of carbonyl (C=O) groups excluding carboxylic acids is 3. The smallest absolute Gasteiger partial charge is 0.337 e. The molecule has 3 rings (SSSR count). The Labute approximate surface area is 159 Å². The first-order valence-electron chi connectivity index (χ1n) is 8.36. The van der Waals surface area contributed by atoms with Gasteiger partial charge in [0, 0.05) is 17.7 Å². The number of amides is 1. The number of rotatable bonds is 4. The third-order valence-electron chi connectivity index (χ3n) is 4.16. The molecule has 1 heterocycles. The Hall–Kier alpha value is -3.06. The molecule has 0 saturated carbocycles. The number of benzene rings is 2. The molecule has 0 aliphatic carbocycles. The van der Waals surface area contributed by atoms with Crippen molar-refractivity contribution in [1.29, 1.82) is 0 Å². The lowest BCUT2D eigenvalue weighted by atomic mass is 10.1. The van der Waals surface area contributed by atoms with Gasteiger partial charge in [0.05, 0.1) is 22.9 Å². The minimum Gasteiger partial charge on any atom is -0.465 e. The van der Waals surface area contributed by atoms with Gasteiger partial charge in [-0.1, -0.05) is 23.5 Å². The van der Waals surface area contributed by atoms with Crippen LogP contribution in [-0.2, 0) is 11.3 Å². The summed E-state index contributed by atoms with van der Waals surface area (Å²) >= 11 is 1.34. The predicted octanol–water partition coefficient (Wildman–Crippen LogP) is 3.45. The quantitative estimate of drug-likeness (QED) is 0.511. The van der Waals surface area contributed by atoms with Crippen LogP contribution in [0, 0.1) is 0 Å². The molecule has 0 atom stereocenters. The SMILES string of the molecule is CCn1c(=NC(=O)c2ccc(C(C)=O)cc2)sc2cc(C(=O)OC)ccc21. The van der Waals surface area contributed by atoms with Gasteiger partial charge in [0.15, 0.2) is 10.6 Å². The van der Waals surface area contributed by atoms with Crippen LogP contribution in [-0.4, -0.2) is 29.3 Å². The molecule has 0 bridgehead atoms. The summed E-state index contributed by atoms with van der Waals surface area (Å²) in [5, 5.41) is 0. The summed E-state index contributed by atoms with van der Waals surface area (Å²) in [6, 6.07) is 11.7. The number of nitrogens with zero attached hydrogens (tertiary/aromatic N) is 2. The molecule has 3 aromatic rings. The second-order valence-corrected chi connectivity index (χ2v) is 6.86. The third kappa shape index (κ3) is 3.73. The average Bonchev–Trinajstić information content (AvgIpc) is 3.03. The zero-order valence-corrected chi connectivity index (χ0v) is 16.0. The van der Waals surface area contributed by atoms with E-state index >= 15 is 0 Å². The molecule has 7 heteroatoms. The maximum Gasteiger partial charge on any atom is 0.337 e. The Morgan fingerprint density at radius 2 is 1.67 bits per heavy atom. The van der Waals surface area contributed by atoms with Gasteiger partial charge in [-0.2, -0.15) is 4.99 Å². The predicted molar refractivity (Wildman–Crippen MR) is 103 cm³/mol. The standard InChI is InChI=1S/C20H18N2O4S/c1-4-22-16-10-9-15(19(25)26-3)11-17(16)27-20(22)21-18(24)14-7-5-13(6-8-14)12(2)23/h5-11H,4H2,1-3H3. The number of esters is 1. The van der Waals surface area contributed by atoms with E-state index in [1.807, 2.05) is 17.6 Å². The van der Waals surface area contributed by atoms with Crippen LogP contribution in [0.25, 0.3) is 10.2 Å². The summed E-state index contributed by atoms with van der Waals surface area (Å²) in [4.78, 5) is 40.4. The van der Waals surface area contributed by atoms with Gasteiger partial charge < -0.3 is 9.30 Å². The maximum atomic E-state index is 12.5. The summed E-state index contributed by atoms with van der Waals surface area (Å²) < 4.78 is 7.52. The van der Waals surface area contributed by atoms with Crippen LogP contribution in [0.3, 0.4) is 0 Å². The van der Waals surface area contributed by atoms with Crippen LogP contribution in [0.1, 0.15) is 44.9 Å². The normalized spacial score (nSPS) is 11.6. The number of ketones is 1. The van der Waals surface area contributed by atoms with Crippen LogP contribution < -0.4 is 4.80 Å². The molecule has 0 radical (unpaired) electrons. The van der Waals surface area contributed by atoms with Crippen LogP contribution in [0.4, 0.5) is 0 Å². The average molecular weight is 382 g/mol. The molecule has 0 aliphatic rings. The van der Waals surface area contributed by atoms with Crippen molar-refractivity contribution < 1.29 is 19.1 Å². The van der Waals surface area contributed by atoms with E-state index in [0.29, 0.717) is 28.0 Å². The summed E-state index contributed by atoms with van der Waals surface area (Å²) in [5.74, 6) is -0.846. The highest BCUT2D eigenvalue weighted by atomic mass is 32.1. The second-order valence-electron chi connectivity index (χ2n) is 5.85. The number of hydrogen-bond donors (Lipinski definition) is 0. The van der Waals surface area contributed by atoms with Crippen LogP contribution in [0.5, 0.6) is 0 Å². The largest absolute Gasteiger partial charge is 0.465 e. The zero-order chi connectivity index (χ0) is 19.6. The molecule has 0 spiro atoms. The second kappa shape index (κ2) is 7.67. The lowest BCUT2D eigenvalue weighted by Gasteiger charge is -2.02. The van der Waals surface area contributed by atoms with E-state index < -0.39 is 5.97 Å². The van der Waals surface area contributed by atoms with E-state index in [1.54, 1.807) is 36.4 Å². The molecule has 0 aliphatic heterocycles. The van der Waals surface area contributed by atoms with E-state index in [4.69, 9.17) is 4.74 Å². The molecule has 1 aromatic heterocycles. The van der Waals surface area contributed by atoms with E-state index in [1.165, 1.54) is 25.4 Å². The lowest BCUT2D eigenvalue weighted by molar-refractivity contribution is 0.0600. The number of Topliss-reactive ketones (excluding diaryl/α,β-unsaturated/α-hetero) is 1. The van der Waals surface area contributed by atoms with Gasteiger partial charge in [-0.25, -0.2) is 4.79 Å². The first-order chi connectivity index (χ1) is 12.9. The number of methoxy groups -OCH3 is 1. The van der Waals surface area contributed by atoms with Gasteiger partial charge in [-0.3, -0.25) is 9.59 Å². The Morgan fingerprint density at radius 1 is 1.04 bits per heavy atom. The number of hydrogen-bond acceptors (Lipinski definition) is 5. The Bertz CT molecular complexity index is 1110.